The molecule has 3 aromatic rings. The summed E-state index contributed by atoms with van der Waals surface area (Å²) in [5, 5.41) is 13.1. The van der Waals surface area contributed by atoms with Gasteiger partial charge in [0.25, 0.3) is 11.7 Å². The third-order valence-corrected chi connectivity index (χ3v) is 6.14. The van der Waals surface area contributed by atoms with Gasteiger partial charge in [-0.1, -0.05) is 17.7 Å². The Morgan fingerprint density at radius 1 is 1.03 bits per heavy atom. The highest BCUT2D eigenvalue weighted by atomic mass is 32.1. The standard InChI is InChI=1S/C24H21NO5S/c1-14-6-11-18(30-3)17(13-14)22(26)20-21(19-5-4-12-31-19)25(24(28)23(20)27)15-7-9-16(29-2)10-8-15/h4-13,21,26H,1-3H3/b22-20-. The van der Waals surface area contributed by atoms with Gasteiger partial charge >= 0.3 is 0 Å². The number of methoxy groups -OCH3 is 2. The number of carbonyl (C=O) groups excluding carboxylic acids is 2. The Bertz CT molecular complexity index is 1170. The van der Waals surface area contributed by atoms with Crippen molar-refractivity contribution in [1.29, 1.82) is 0 Å². The van der Waals surface area contributed by atoms with Gasteiger partial charge in [-0.25, -0.2) is 0 Å². The van der Waals surface area contributed by atoms with Gasteiger partial charge in [-0.15, -0.1) is 11.3 Å². The van der Waals surface area contributed by atoms with Crippen molar-refractivity contribution in [1.82, 2.24) is 0 Å². The van der Waals surface area contributed by atoms with Crippen molar-refractivity contribution in [3.8, 4) is 11.5 Å². The topological polar surface area (TPSA) is 76.1 Å². The highest BCUT2D eigenvalue weighted by Crippen LogP contribution is 2.44. The molecule has 1 fully saturated rings. The van der Waals surface area contributed by atoms with Crippen LogP contribution in [-0.4, -0.2) is 31.0 Å². The van der Waals surface area contributed by atoms with Crippen molar-refractivity contribution >= 4 is 34.5 Å². The van der Waals surface area contributed by atoms with E-state index < -0.39 is 17.7 Å². The van der Waals surface area contributed by atoms with Gasteiger partial charge in [-0.3, -0.25) is 14.5 Å². The maximum atomic E-state index is 13.1. The lowest BCUT2D eigenvalue weighted by Gasteiger charge is -2.24. The first-order valence-corrected chi connectivity index (χ1v) is 10.5. The van der Waals surface area contributed by atoms with Crippen LogP contribution in [0, 0.1) is 6.92 Å². The van der Waals surface area contributed by atoms with Gasteiger partial charge in [0, 0.05) is 10.6 Å². The molecule has 7 heteroatoms. The van der Waals surface area contributed by atoms with Crippen molar-refractivity contribution in [3.63, 3.8) is 0 Å². The summed E-state index contributed by atoms with van der Waals surface area (Å²) in [4.78, 5) is 28.4. The first kappa shape index (κ1) is 20.7. The van der Waals surface area contributed by atoms with Crippen LogP contribution in [0.5, 0.6) is 11.5 Å². The maximum absolute atomic E-state index is 13.1. The molecule has 0 radical (unpaired) electrons. The van der Waals surface area contributed by atoms with E-state index in [0.717, 1.165) is 10.4 Å². The number of carbonyl (C=O) groups is 2. The molecule has 2 heterocycles. The summed E-state index contributed by atoms with van der Waals surface area (Å²) in [5.41, 5.74) is 1.83. The van der Waals surface area contributed by atoms with E-state index in [1.165, 1.54) is 23.3 Å². The molecule has 158 valence electrons. The molecule has 0 bridgehead atoms. The van der Waals surface area contributed by atoms with Crippen LogP contribution in [0.4, 0.5) is 5.69 Å². The van der Waals surface area contributed by atoms with E-state index >= 15 is 0 Å². The molecule has 1 amide bonds. The van der Waals surface area contributed by atoms with Gasteiger partial charge in [0.15, 0.2) is 0 Å². The van der Waals surface area contributed by atoms with Crippen molar-refractivity contribution in [2.24, 2.45) is 0 Å². The largest absolute Gasteiger partial charge is 0.507 e. The number of thiophene rings is 1. The summed E-state index contributed by atoms with van der Waals surface area (Å²) in [6.07, 6.45) is 0. The molecule has 1 atom stereocenters. The van der Waals surface area contributed by atoms with Gasteiger partial charge in [0.05, 0.1) is 25.4 Å². The van der Waals surface area contributed by atoms with Crippen LogP contribution in [0.25, 0.3) is 5.76 Å². The fraction of sp³-hybridized carbons (Fsp3) is 0.167. The summed E-state index contributed by atoms with van der Waals surface area (Å²) >= 11 is 1.41. The molecule has 1 unspecified atom stereocenters. The minimum absolute atomic E-state index is 0.0344. The zero-order valence-corrected chi connectivity index (χ0v) is 18.1. The number of aliphatic hydroxyl groups excluding tert-OH is 1. The molecular weight excluding hydrogens is 414 g/mol. The second-order valence-electron chi connectivity index (χ2n) is 7.09. The molecule has 1 aromatic heterocycles. The number of ketones is 1. The average molecular weight is 436 g/mol. The van der Waals surface area contributed by atoms with E-state index in [-0.39, 0.29) is 11.3 Å². The Balaban J connectivity index is 1.93. The molecular formula is C24H21NO5S. The van der Waals surface area contributed by atoms with E-state index in [0.29, 0.717) is 22.7 Å². The summed E-state index contributed by atoms with van der Waals surface area (Å²) in [7, 11) is 3.05. The number of amides is 1. The molecule has 2 aromatic carbocycles. The van der Waals surface area contributed by atoms with E-state index in [2.05, 4.69) is 0 Å². The number of rotatable bonds is 5. The van der Waals surface area contributed by atoms with Gasteiger partial charge in [0.2, 0.25) is 0 Å². The van der Waals surface area contributed by atoms with Gasteiger partial charge < -0.3 is 14.6 Å². The summed E-state index contributed by atoms with van der Waals surface area (Å²) < 4.78 is 10.6. The molecule has 1 aliphatic heterocycles. The molecule has 31 heavy (non-hydrogen) atoms. The highest BCUT2D eigenvalue weighted by Gasteiger charge is 2.47. The Morgan fingerprint density at radius 2 is 1.77 bits per heavy atom. The number of nitrogens with zero attached hydrogens (tertiary/aromatic N) is 1. The van der Waals surface area contributed by atoms with Crippen molar-refractivity contribution in [3.05, 3.63) is 81.6 Å². The molecule has 6 nitrogen and oxygen atoms in total. The minimum atomic E-state index is -0.751. The number of Topliss-reactive ketones (excluding diaryl/α,β-unsaturated/α-hetero) is 1. The first-order valence-electron chi connectivity index (χ1n) is 9.59. The van der Waals surface area contributed by atoms with Crippen molar-refractivity contribution in [2.75, 3.05) is 19.1 Å². The maximum Gasteiger partial charge on any atom is 0.300 e. The van der Waals surface area contributed by atoms with Gasteiger partial charge in [0.1, 0.15) is 23.3 Å². The number of aliphatic hydroxyl groups is 1. The Kier molecular flexibility index (Phi) is 5.52. The summed E-state index contributed by atoms with van der Waals surface area (Å²) in [5.74, 6) is -0.637. The fourth-order valence-corrected chi connectivity index (χ4v) is 4.53. The molecule has 0 aliphatic carbocycles. The SMILES string of the molecule is COc1ccc(N2C(=O)C(=O)/C(=C(\O)c3cc(C)ccc3OC)C2c2cccs2)cc1. The molecule has 0 spiro atoms. The van der Waals surface area contributed by atoms with Crippen LogP contribution in [-0.2, 0) is 9.59 Å². The lowest BCUT2D eigenvalue weighted by Crippen LogP contribution is -2.29. The Morgan fingerprint density at radius 3 is 2.39 bits per heavy atom. The second-order valence-corrected chi connectivity index (χ2v) is 8.07. The number of hydrogen-bond donors (Lipinski definition) is 1. The van der Waals surface area contributed by atoms with E-state index in [1.807, 2.05) is 30.5 Å². The van der Waals surface area contributed by atoms with Crippen LogP contribution in [0.1, 0.15) is 22.0 Å². The third kappa shape index (κ3) is 3.57. The van der Waals surface area contributed by atoms with E-state index in [1.54, 1.807) is 43.5 Å². The first-order chi connectivity index (χ1) is 15.0. The van der Waals surface area contributed by atoms with Crippen molar-refractivity contribution in [2.45, 2.75) is 13.0 Å². The smallest absolute Gasteiger partial charge is 0.300 e. The van der Waals surface area contributed by atoms with Crippen molar-refractivity contribution < 1.29 is 24.2 Å². The lowest BCUT2D eigenvalue weighted by molar-refractivity contribution is -0.132. The quantitative estimate of drug-likeness (QED) is 0.357. The number of ether oxygens (including phenoxy) is 2. The van der Waals surface area contributed by atoms with Crippen LogP contribution in [0.2, 0.25) is 0 Å². The number of anilines is 1. The number of hydrogen-bond acceptors (Lipinski definition) is 6. The molecule has 0 saturated carbocycles. The minimum Gasteiger partial charge on any atom is -0.507 e. The molecule has 1 N–H and O–H groups in total. The average Bonchev–Trinajstić information content (AvgIpc) is 3.40. The van der Waals surface area contributed by atoms with Gasteiger partial charge in [-0.05, 0) is 54.8 Å². The third-order valence-electron chi connectivity index (χ3n) is 5.22. The normalized spacial score (nSPS) is 17.8. The summed E-state index contributed by atoms with van der Waals surface area (Å²) in [6.45, 7) is 1.88. The molecule has 4 rings (SSSR count). The molecule has 1 aliphatic rings. The van der Waals surface area contributed by atoms with Crippen LogP contribution < -0.4 is 14.4 Å². The highest BCUT2D eigenvalue weighted by molar-refractivity contribution is 7.10. The number of aryl methyl sites for hydroxylation is 1. The van der Waals surface area contributed by atoms with E-state index in [9.17, 15) is 14.7 Å². The zero-order valence-electron chi connectivity index (χ0n) is 17.3. The second kappa shape index (κ2) is 8.28. The predicted octanol–water partition coefficient (Wildman–Crippen LogP) is 4.70. The van der Waals surface area contributed by atoms with Crippen LogP contribution in [0.15, 0.2) is 65.6 Å². The lowest BCUT2D eigenvalue weighted by atomic mass is 9.98. The predicted molar refractivity (Wildman–Crippen MR) is 120 cm³/mol. The molecule has 1 saturated heterocycles. The van der Waals surface area contributed by atoms with Gasteiger partial charge in [-0.2, -0.15) is 0 Å². The van der Waals surface area contributed by atoms with E-state index in [4.69, 9.17) is 9.47 Å². The monoisotopic (exact) mass is 435 g/mol. The Labute approximate surface area is 184 Å². The Hall–Kier alpha value is -3.58. The fourth-order valence-electron chi connectivity index (χ4n) is 3.71. The van der Waals surface area contributed by atoms with Crippen LogP contribution in [0.3, 0.4) is 0 Å². The zero-order chi connectivity index (χ0) is 22.1. The van der Waals surface area contributed by atoms with Crippen LogP contribution >= 0.6 is 11.3 Å². The number of benzene rings is 2. The summed E-state index contributed by atoms with van der Waals surface area (Å²) in [6, 6.07) is 15.1.